The fourth-order valence-corrected chi connectivity index (χ4v) is 3.24. The molecule has 0 aromatic carbocycles. The predicted octanol–water partition coefficient (Wildman–Crippen LogP) is 1.99. The molecule has 0 spiro atoms. The molecule has 0 bridgehead atoms. The summed E-state index contributed by atoms with van der Waals surface area (Å²) in [6.45, 7) is 5.57. The van der Waals surface area contributed by atoms with E-state index in [4.69, 9.17) is 4.74 Å². The third-order valence-electron chi connectivity index (χ3n) is 4.78. The van der Waals surface area contributed by atoms with Crippen molar-refractivity contribution in [2.24, 2.45) is 11.3 Å². The Morgan fingerprint density at radius 3 is 2.44 bits per heavy atom. The Morgan fingerprint density at radius 1 is 1.28 bits per heavy atom. The van der Waals surface area contributed by atoms with E-state index < -0.39 is 5.97 Å². The van der Waals surface area contributed by atoms with Gasteiger partial charge in [0.1, 0.15) is 0 Å². The second kappa shape index (κ2) is 5.17. The standard InChI is InChI=1S/C14H25NO3/c1-14(2)6-4-10(5-7-14)15(3)12-9-18-8-11(12)13(16)17/h10-12H,4-9H2,1-3H3,(H,16,17). The van der Waals surface area contributed by atoms with Gasteiger partial charge in [-0.15, -0.1) is 0 Å². The minimum Gasteiger partial charge on any atom is -0.481 e. The zero-order chi connectivity index (χ0) is 13.3. The second-order valence-corrected chi connectivity index (χ2v) is 6.61. The van der Waals surface area contributed by atoms with Crippen LogP contribution in [-0.4, -0.2) is 48.3 Å². The summed E-state index contributed by atoms with van der Waals surface area (Å²) in [5.41, 5.74) is 0.454. The predicted molar refractivity (Wildman–Crippen MR) is 69.5 cm³/mol. The molecule has 0 amide bonds. The molecule has 2 atom stereocenters. The maximum absolute atomic E-state index is 11.2. The van der Waals surface area contributed by atoms with Crippen molar-refractivity contribution in [1.29, 1.82) is 0 Å². The fourth-order valence-electron chi connectivity index (χ4n) is 3.24. The molecule has 2 rings (SSSR count). The van der Waals surface area contributed by atoms with Crippen LogP contribution in [0.4, 0.5) is 0 Å². The molecule has 0 radical (unpaired) electrons. The van der Waals surface area contributed by atoms with E-state index in [0.717, 1.165) is 0 Å². The first-order chi connectivity index (χ1) is 8.41. The van der Waals surface area contributed by atoms with Crippen molar-refractivity contribution in [3.63, 3.8) is 0 Å². The molecule has 1 heterocycles. The first kappa shape index (κ1) is 13.8. The Labute approximate surface area is 109 Å². The molecule has 104 valence electrons. The van der Waals surface area contributed by atoms with Crippen molar-refractivity contribution in [2.75, 3.05) is 20.3 Å². The summed E-state index contributed by atoms with van der Waals surface area (Å²) < 4.78 is 5.36. The van der Waals surface area contributed by atoms with Crippen molar-refractivity contribution >= 4 is 5.97 Å². The van der Waals surface area contributed by atoms with Gasteiger partial charge in [-0.05, 0) is 38.1 Å². The average molecular weight is 255 g/mol. The number of carboxylic acid groups (broad SMARTS) is 1. The van der Waals surface area contributed by atoms with Crippen LogP contribution in [-0.2, 0) is 9.53 Å². The van der Waals surface area contributed by atoms with Crippen LogP contribution >= 0.6 is 0 Å². The number of carboxylic acids is 1. The largest absolute Gasteiger partial charge is 0.481 e. The van der Waals surface area contributed by atoms with E-state index in [2.05, 4.69) is 25.8 Å². The summed E-state index contributed by atoms with van der Waals surface area (Å²) in [6, 6.07) is 0.570. The zero-order valence-corrected chi connectivity index (χ0v) is 11.7. The van der Waals surface area contributed by atoms with Crippen LogP contribution in [0.3, 0.4) is 0 Å². The van der Waals surface area contributed by atoms with Crippen LogP contribution < -0.4 is 0 Å². The SMILES string of the molecule is CN(C1CCC(C)(C)CC1)C1COCC1C(=O)O. The van der Waals surface area contributed by atoms with Gasteiger partial charge in [-0.2, -0.15) is 0 Å². The average Bonchev–Trinajstić information content (AvgIpc) is 2.77. The number of hydrogen-bond acceptors (Lipinski definition) is 3. The van der Waals surface area contributed by atoms with E-state index >= 15 is 0 Å². The van der Waals surface area contributed by atoms with E-state index in [-0.39, 0.29) is 12.0 Å². The van der Waals surface area contributed by atoms with Gasteiger partial charge in [-0.1, -0.05) is 13.8 Å². The third-order valence-corrected chi connectivity index (χ3v) is 4.78. The Kier molecular flexibility index (Phi) is 3.97. The number of likely N-dealkylation sites (N-methyl/N-ethyl adjacent to an activating group) is 1. The molecule has 2 fully saturated rings. The molecule has 4 heteroatoms. The Hall–Kier alpha value is -0.610. The molecule has 18 heavy (non-hydrogen) atoms. The fraction of sp³-hybridized carbons (Fsp3) is 0.929. The lowest BCUT2D eigenvalue weighted by atomic mass is 9.75. The highest BCUT2D eigenvalue weighted by Gasteiger charge is 2.40. The molecular weight excluding hydrogens is 230 g/mol. The Morgan fingerprint density at radius 2 is 1.89 bits per heavy atom. The van der Waals surface area contributed by atoms with Crippen LogP contribution in [0.15, 0.2) is 0 Å². The van der Waals surface area contributed by atoms with Crippen molar-refractivity contribution in [2.45, 2.75) is 51.6 Å². The van der Waals surface area contributed by atoms with Gasteiger partial charge in [0.2, 0.25) is 0 Å². The normalized spacial score (nSPS) is 32.9. The second-order valence-electron chi connectivity index (χ2n) is 6.61. The van der Waals surface area contributed by atoms with Gasteiger partial charge in [-0.3, -0.25) is 9.69 Å². The monoisotopic (exact) mass is 255 g/mol. The number of carbonyl (C=O) groups is 1. The smallest absolute Gasteiger partial charge is 0.310 e. The third kappa shape index (κ3) is 2.86. The molecule has 1 aliphatic heterocycles. The lowest BCUT2D eigenvalue weighted by Gasteiger charge is -2.41. The molecule has 1 saturated heterocycles. The number of rotatable bonds is 3. The summed E-state index contributed by atoms with van der Waals surface area (Å²) in [5, 5.41) is 9.21. The molecule has 0 aromatic heterocycles. The van der Waals surface area contributed by atoms with Crippen LogP contribution in [0.1, 0.15) is 39.5 Å². The highest BCUT2D eigenvalue weighted by molar-refractivity contribution is 5.71. The molecular formula is C14H25NO3. The Bertz CT molecular complexity index is 306. The van der Waals surface area contributed by atoms with E-state index in [0.29, 0.717) is 24.7 Å². The maximum atomic E-state index is 11.2. The molecule has 1 saturated carbocycles. The highest BCUT2D eigenvalue weighted by Crippen LogP contribution is 2.37. The number of aliphatic carboxylic acids is 1. The number of nitrogens with zero attached hydrogens (tertiary/aromatic N) is 1. The summed E-state index contributed by atoms with van der Waals surface area (Å²) in [4.78, 5) is 13.5. The van der Waals surface area contributed by atoms with E-state index in [1.54, 1.807) is 0 Å². The maximum Gasteiger partial charge on any atom is 0.310 e. The molecule has 2 aliphatic rings. The van der Waals surface area contributed by atoms with Crippen molar-refractivity contribution in [1.82, 2.24) is 4.90 Å². The van der Waals surface area contributed by atoms with E-state index in [1.165, 1.54) is 25.7 Å². The van der Waals surface area contributed by atoms with Crippen LogP contribution in [0, 0.1) is 11.3 Å². The van der Waals surface area contributed by atoms with E-state index in [9.17, 15) is 9.90 Å². The van der Waals surface area contributed by atoms with Crippen molar-refractivity contribution in [3.8, 4) is 0 Å². The minimum atomic E-state index is -0.722. The van der Waals surface area contributed by atoms with Gasteiger partial charge >= 0.3 is 5.97 Å². The first-order valence-corrected chi connectivity index (χ1v) is 6.93. The van der Waals surface area contributed by atoms with Crippen LogP contribution in [0.25, 0.3) is 0 Å². The summed E-state index contributed by atoms with van der Waals surface area (Å²) in [5.74, 6) is -1.08. The lowest BCUT2D eigenvalue weighted by Crippen LogP contribution is -2.48. The molecule has 1 aliphatic carbocycles. The van der Waals surface area contributed by atoms with Crippen LogP contribution in [0.2, 0.25) is 0 Å². The van der Waals surface area contributed by atoms with Gasteiger partial charge in [0.15, 0.2) is 0 Å². The summed E-state index contributed by atoms with van der Waals surface area (Å²) in [6.07, 6.45) is 4.80. The van der Waals surface area contributed by atoms with Gasteiger partial charge in [0, 0.05) is 12.1 Å². The number of ether oxygens (including phenoxy) is 1. The number of hydrogen-bond donors (Lipinski definition) is 1. The Balaban J connectivity index is 1.95. The quantitative estimate of drug-likeness (QED) is 0.838. The first-order valence-electron chi connectivity index (χ1n) is 6.93. The van der Waals surface area contributed by atoms with Gasteiger partial charge in [-0.25, -0.2) is 0 Å². The van der Waals surface area contributed by atoms with Crippen molar-refractivity contribution in [3.05, 3.63) is 0 Å². The highest BCUT2D eigenvalue weighted by atomic mass is 16.5. The van der Waals surface area contributed by atoms with Gasteiger partial charge in [0.25, 0.3) is 0 Å². The minimum absolute atomic E-state index is 0.0497. The van der Waals surface area contributed by atoms with Crippen molar-refractivity contribution < 1.29 is 14.6 Å². The lowest BCUT2D eigenvalue weighted by molar-refractivity contribution is -0.143. The zero-order valence-electron chi connectivity index (χ0n) is 11.7. The molecule has 2 unspecified atom stereocenters. The van der Waals surface area contributed by atoms with Crippen LogP contribution in [0.5, 0.6) is 0 Å². The molecule has 4 nitrogen and oxygen atoms in total. The molecule has 0 aromatic rings. The summed E-state index contributed by atoms with van der Waals surface area (Å²) in [7, 11) is 2.07. The topological polar surface area (TPSA) is 49.8 Å². The van der Waals surface area contributed by atoms with Gasteiger partial charge < -0.3 is 9.84 Å². The van der Waals surface area contributed by atoms with E-state index in [1.807, 2.05) is 0 Å². The summed E-state index contributed by atoms with van der Waals surface area (Å²) >= 11 is 0. The molecule has 1 N–H and O–H groups in total. The van der Waals surface area contributed by atoms with Gasteiger partial charge in [0.05, 0.1) is 19.1 Å².